The number of nitrogen functional groups attached to an aromatic ring is 1. The van der Waals surface area contributed by atoms with Crippen LogP contribution in [-0.4, -0.2) is 35.8 Å². The largest absolute Gasteiger partial charge is 0.398 e. The number of benzene rings is 1. The van der Waals surface area contributed by atoms with E-state index < -0.39 is 0 Å². The van der Waals surface area contributed by atoms with E-state index >= 15 is 0 Å². The number of hydrogen-bond acceptors (Lipinski definition) is 3. The molecule has 1 aromatic rings. The van der Waals surface area contributed by atoms with E-state index in [4.69, 9.17) is 5.73 Å². The van der Waals surface area contributed by atoms with Crippen LogP contribution < -0.4 is 11.1 Å². The Balaban J connectivity index is 1.99. The lowest BCUT2D eigenvalue weighted by atomic mass is 10.0. The van der Waals surface area contributed by atoms with Gasteiger partial charge < -0.3 is 16.0 Å². The Morgan fingerprint density at radius 1 is 1.33 bits per heavy atom. The van der Waals surface area contributed by atoms with Crippen molar-refractivity contribution in [2.24, 2.45) is 0 Å². The molecule has 1 aliphatic rings. The van der Waals surface area contributed by atoms with Crippen LogP contribution in [0.15, 0.2) is 18.2 Å². The summed E-state index contributed by atoms with van der Waals surface area (Å²) in [5, 5.41) is 2.99. The zero-order chi connectivity index (χ0) is 15.4. The van der Waals surface area contributed by atoms with Gasteiger partial charge in [0.15, 0.2) is 0 Å². The number of nitrogens with one attached hydrogen (secondary N) is 1. The van der Waals surface area contributed by atoms with Gasteiger partial charge in [-0.25, -0.2) is 0 Å². The number of nitrogens with two attached hydrogens (primary N) is 1. The first-order valence-corrected chi connectivity index (χ1v) is 7.46. The van der Waals surface area contributed by atoms with Crippen molar-refractivity contribution < 1.29 is 9.59 Å². The molecule has 0 saturated carbocycles. The minimum absolute atomic E-state index is 0.00846. The van der Waals surface area contributed by atoms with Crippen LogP contribution in [0.25, 0.3) is 0 Å². The van der Waals surface area contributed by atoms with Crippen molar-refractivity contribution in [1.29, 1.82) is 0 Å². The van der Waals surface area contributed by atoms with E-state index in [9.17, 15) is 9.59 Å². The molecule has 3 N–H and O–H groups in total. The molecule has 2 rings (SSSR count). The van der Waals surface area contributed by atoms with Crippen molar-refractivity contribution in [3.05, 3.63) is 29.3 Å². The van der Waals surface area contributed by atoms with Crippen molar-refractivity contribution in [2.75, 3.05) is 18.8 Å². The molecule has 0 bridgehead atoms. The average Bonchev–Trinajstić information content (AvgIpc) is 2.47. The minimum atomic E-state index is -0.00846. The number of likely N-dealkylation sites (tertiary alicyclic amines) is 1. The van der Waals surface area contributed by atoms with Crippen molar-refractivity contribution >= 4 is 17.5 Å². The molecular formula is C16H23N3O2. The fourth-order valence-corrected chi connectivity index (χ4v) is 2.70. The molecule has 114 valence electrons. The van der Waals surface area contributed by atoms with Gasteiger partial charge >= 0.3 is 0 Å². The zero-order valence-electron chi connectivity index (χ0n) is 12.7. The molecule has 0 atom stereocenters. The monoisotopic (exact) mass is 289 g/mol. The van der Waals surface area contributed by atoms with Gasteiger partial charge in [0, 0.05) is 31.2 Å². The van der Waals surface area contributed by atoms with Gasteiger partial charge in [0.05, 0.1) is 5.56 Å². The molecule has 1 aromatic carbocycles. The van der Waals surface area contributed by atoms with Crippen molar-refractivity contribution in [2.45, 2.75) is 39.2 Å². The van der Waals surface area contributed by atoms with Gasteiger partial charge in [-0.05, 0) is 31.4 Å². The van der Waals surface area contributed by atoms with Crippen molar-refractivity contribution in [3.8, 4) is 0 Å². The minimum Gasteiger partial charge on any atom is -0.398 e. The number of carbonyl (C=O) groups is 2. The summed E-state index contributed by atoms with van der Waals surface area (Å²) >= 11 is 0. The summed E-state index contributed by atoms with van der Waals surface area (Å²) in [4.78, 5) is 25.8. The Hall–Kier alpha value is -2.04. The predicted octanol–water partition coefficient (Wildman–Crippen LogP) is 1.71. The lowest BCUT2D eigenvalue weighted by molar-refractivity contribution is -0.121. The standard InChI is InChI=1S/C16H23N3O2/c1-3-14(20)18-12-7-9-19(10-8-12)16(21)15-11(2)5-4-6-13(15)17/h4-6,12H,3,7-10,17H2,1-2H3,(H,18,20). The molecule has 21 heavy (non-hydrogen) atoms. The van der Waals surface area contributed by atoms with E-state index in [1.165, 1.54) is 0 Å². The van der Waals surface area contributed by atoms with E-state index in [1.807, 2.05) is 30.9 Å². The molecule has 2 amide bonds. The van der Waals surface area contributed by atoms with Gasteiger partial charge in [0.25, 0.3) is 5.91 Å². The Labute approximate surface area is 125 Å². The molecule has 0 radical (unpaired) electrons. The number of hydrogen-bond donors (Lipinski definition) is 2. The number of aryl methyl sites for hydroxylation is 1. The van der Waals surface area contributed by atoms with Crippen molar-refractivity contribution in [1.82, 2.24) is 10.2 Å². The zero-order valence-corrected chi connectivity index (χ0v) is 12.7. The van der Waals surface area contributed by atoms with Crippen LogP contribution in [0.4, 0.5) is 5.69 Å². The van der Waals surface area contributed by atoms with Gasteiger partial charge in [-0.2, -0.15) is 0 Å². The fourth-order valence-electron chi connectivity index (χ4n) is 2.70. The summed E-state index contributed by atoms with van der Waals surface area (Å²) in [6.45, 7) is 5.05. The highest BCUT2D eigenvalue weighted by Gasteiger charge is 2.26. The van der Waals surface area contributed by atoms with Gasteiger partial charge in [0.2, 0.25) is 5.91 Å². The average molecular weight is 289 g/mol. The van der Waals surface area contributed by atoms with E-state index in [1.54, 1.807) is 6.07 Å². The number of rotatable bonds is 3. The first kappa shape index (κ1) is 15.4. The van der Waals surface area contributed by atoms with Crippen molar-refractivity contribution in [3.63, 3.8) is 0 Å². The number of anilines is 1. The van der Waals surface area contributed by atoms with Crippen LogP contribution in [0.5, 0.6) is 0 Å². The number of piperidine rings is 1. The molecule has 5 nitrogen and oxygen atoms in total. The maximum absolute atomic E-state index is 12.6. The Morgan fingerprint density at radius 2 is 2.00 bits per heavy atom. The second-order valence-electron chi connectivity index (χ2n) is 5.53. The second-order valence-corrected chi connectivity index (χ2v) is 5.53. The van der Waals surface area contributed by atoms with Gasteiger partial charge in [-0.15, -0.1) is 0 Å². The Morgan fingerprint density at radius 3 is 2.57 bits per heavy atom. The fraction of sp³-hybridized carbons (Fsp3) is 0.500. The number of carbonyl (C=O) groups excluding carboxylic acids is 2. The summed E-state index contributed by atoms with van der Waals surface area (Å²) in [5.74, 6) is 0.0637. The molecule has 5 heteroatoms. The van der Waals surface area contributed by atoms with E-state index in [0.717, 1.165) is 18.4 Å². The first-order valence-electron chi connectivity index (χ1n) is 7.46. The van der Waals surface area contributed by atoms with Crippen LogP contribution in [0.1, 0.15) is 42.1 Å². The maximum atomic E-state index is 12.6. The summed E-state index contributed by atoms with van der Waals surface area (Å²) in [6, 6.07) is 5.69. The topological polar surface area (TPSA) is 75.4 Å². The molecule has 1 heterocycles. The third kappa shape index (κ3) is 3.54. The lowest BCUT2D eigenvalue weighted by Crippen LogP contribution is -2.46. The van der Waals surface area contributed by atoms with E-state index in [2.05, 4.69) is 5.32 Å². The normalized spacial score (nSPS) is 15.8. The number of amides is 2. The van der Waals surface area contributed by atoms with E-state index in [0.29, 0.717) is 30.8 Å². The van der Waals surface area contributed by atoms with E-state index in [-0.39, 0.29) is 17.9 Å². The van der Waals surface area contributed by atoms with Crippen LogP contribution in [0, 0.1) is 6.92 Å². The van der Waals surface area contributed by atoms with Gasteiger partial charge in [0.1, 0.15) is 0 Å². The highest BCUT2D eigenvalue weighted by molar-refractivity contribution is 6.00. The molecular weight excluding hydrogens is 266 g/mol. The Bertz CT molecular complexity index is 514. The Kier molecular flexibility index (Phi) is 4.83. The SMILES string of the molecule is CCC(=O)NC1CCN(C(=O)c2c(C)cccc2N)CC1. The summed E-state index contributed by atoms with van der Waals surface area (Å²) < 4.78 is 0. The van der Waals surface area contributed by atoms with Gasteiger partial charge in [-0.3, -0.25) is 9.59 Å². The smallest absolute Gasteiger partial charge is 0.256 e. The highest BCUT2D eigenvalue weighted by Crippen LogP contribution is 2.21. The summed E-state index contributed by atoms with van der Waals surface area (Å²) in [6.07, 6.45) is 2.09. The molecule has 0 unspecified atom stereocenters. The summed E-state index contributed by atoms with van der Waals surface area (Å²) in [7, 11) is 0. The van der Waals surface area contributed by atoms with Crippen LogP contribution in [0.3, 0.4) is 0 Å². The molecule has 1 saturated heterocycles. The third-order valence-electron chi connectivity index (χ3n) is 3.99. The van der Waals surface area contributed by atoms with Crippen LogP contribution >= 0.6 is 0 Å². The first-order chi connectivity index (χ1) is 10.0. The molecule has 0 aliphatic carbocycles. The van der Waals surface area contributed by atoms with Gasteiger partial charge in [-0.1, -0.05) is 19.1 Å². The second kappa shape index (κ2) is 6.61. The highest BCUT2D eigenvalue weighted by atomic mass is 16.2. The quantitative estimate of drug-likeness (QED) is 0.832. The van der Waals surface area contributed by atoms with Crippen LogP contribution in [0.2, 0.25) is 0 Å². The summed E-state index contributed by atoms with van der Waals surface area (Å²) in [5.41, 5.74) is 7.97. The molecule has 0 spiro atoms. The molecule has 1 aliphatic heterocycles. The molecule has 1 fully saturated rings. The predicted molar refractivity (Wildman–Crippen MR) is 83.0 cm³/mol. The molecule has 0 aromatic heterocycles. The third-order valence-corrected chi connectivity index (χ3v) is 3.99. The lowest BCUT2D eigenvalue weighted by Gasteiger charge is -2.33. The number of nitrogens with zero attached hydrogens (tertiary/aromatic N) is 1. The van der Waals surface area contributed by atoms with Crippen LogP contribution in [-0.2, 0) is 4.79 Å². The maximum Gasteiger partial charge on any atom is 0.256 e.